The SMILES string of the molecule is CCC(C)NC(=O)C(Cc1ccccc1)N(Cc1ccccc1Cl)C(=O)CN(c1ccc(C)cc1)S(=O)(=O)c1ccc(C)cc1. The molecule has 0 radical (unpaired) electrons. The Kier molecular flexibility index (Phi) is 11.4. The Labute approximate surface area is 271 Å². The lowest BCUT2D eigenvalue weighted by Crippen LogP contribution is -2.54. The summed E-state index contributed by atoms with van der Waals surface area (Å²) in [5.41, 5.74) is 3.71. The van der Waals surface area contributed by atoms with Crippen LogP contribution in [0.3, 0.4) is 0 Å². The van der Waals surface area contributed by atoms with E-state index in [0.717, 1.165) is 21.0 Å². The van der Waals surface area contributed by atoms with Crippen LogP contribution in [0.25, 0.3) is 0 Å². The van der Waals surface area contributed by atoms with E-state index in [9.17, 15) is 18.0 Å². The van der Waals surface area contributed by atoms with Gasteiger partial charge in [0.2, 0.25) is 11.8 Å². The van der Waals surface area contributed by atoms with Crippen molar-refractivity contribution >= 4 is 39.1 Å². The maximum absolute atomic E-state index is 14.5. The van der Waals surface area contributed by atoms with Crippen molar-refractivity contribution in [2.24, 2.45) is 0 Å². The molecule has 9 heteroatoms. The molecule has 0 aliphatic carbocycles. The normalized spacial score (nSPS) is 12.6. The second-order valence-corrected chi connectivity index (χ2v) is 13.6. The average Bonchev–Trinajstić information content (AvgIpc) is 3.03. The van der Waals surface area contributed by atoms with Crippen LogP contribution >= 0.6 is 11.6 Å². The standard InChI is InChI=1S/C36H40ClN3O4S/c1-5-28(4)38-36(42)34(23-29-11-7-6-8-12-29)39(24-30-13-9-10-14-33(30)37)35(41)25-40(31-19-15-26(2)16-20-31)45(43,44)32-21-17-27(3)18-22-32/h6-22,28,34H,5,23-25H2,1-4H3,(H,38,42). The first-order chi connectivity index (χ1) is 21.5. The van der Waals surface area contributed by atoms with Gasteiger partial charge in [0.15, 0.2) is 0 Å². The lowest BCUT2D eigenvalue weighted by Gasteiger charge is -2.34. The summed E-state index contributed by atoms with van der Waals surface area (Å²) in [5, 5.41) is 3.48. The van der Waals surface area contributed by atoms with Gasteiger partial charge in [-0.2, -0.15) is 0 Å². The molecule has 0 saturated heterocycles. The zero-order valence-electron chi connectivity index (χ0n) is 26.1. The summed E-state index contributed by atoms with van der Waals surface area (Å²) in [5.74, 6) is -0.858. The van der Waals surface area contributed by atoms with Crippen molar-refractivity contribution in [2.45, 2.75) is 64.1 Å². The van der Waals surface area contributed by atoms with E-state index in [1.165, 1.54) is 17.0 Å². The number of nitrogens with zero attached hydrogens (tertiary/aromatic N) is 2. The van der Waals surface area contributed by atoms with Gasteiger partial charge in [-0.05, 0) is 68.7 Å². The summed E-state index contributed by atoms with van der Waals surface area (Å²) in [6.45, 7) is 7.15. The smallest absolute Gasteiger partial charge is 0.264 e. The van der Waals surface area contributed by atoms with Crippen molar-refractivity contribution in [3.63, 3.8) is 0 Å². The van der Waals surface area contributed by atoms with Gasteiger partial charge in [0.25, 0.3) is 10.0 Å². The van der Waals surface area contributed by atoms with Gasteiger partial charge in [-0.25, -0.2) is 8.42 Å². The average molecular weight is 646 g/mol. The maximum Gasteiger partial charge on any atom is 0.264 e. The Hall–Kier alpha value is -4.14. The van der Waals surface area contributed by atoms with Crippen LogP contribution in [0.4, 0.5) is 5.69 Å². The Balaban J connectivity index is 1.81. The van der Waals surface area contributed by atoms with E-state index >= 15 is 0 Å². The number of amides is 2. The molecule has 2 atom stereocenters. The predicted molar refractivity (Wildman–Crippen MR) is 181 cm³/mol. The largest absolute Gasteiger partial charge is 0.352 e. The van der Waals surface area contributed by atoms with E-state index in [1.807, 2.05) is 64.1 Å². The van der Waals surface area contributed by atoms with Gasteiger partial charge >= 0.3 is 0 Å². The minimum absolute atomic E-state index is 0.0102. The molecule has 45 heavy (non-hydrogen) atoms. The van der Waals surface area contributed by atoms with E-state index < -0.39 is 28.5 Å². The molecule has 0 bridgehead atoms. The van der Waals surface area contributed by atoms with Gasteiger partial charge in [0, 0.05) is 24.0 Å². The Bertz CT molecular complexity index is 1690. The highest BCUT2D eigenvalue weighted by Crippen LogP contribution is 2.26. The number of hydrogen-bond donors (Lipinski definition) is 1. The molecule has 1 N–H and O–H groups in total. The third-order valence-electron chi connectivity index (χ3n) is 7.78. The highest BCUT2D eigenvalue weighted by Gasteiger charge is 2.35. The number of aryl methyl sites for hydroxylation is 2. The van der Waals surface area contributed by atoms with E-state index in [-0.39, 0.29) is 29.8 Å². The molecule has 4 aromatic rings. The molecule has 7 nitrogen and oxygen atoms in total. The summed E-state index contributed by atoms with van der Waals surface area (Å²) >= 11 is 6.56. The van der Waals surface area contributed by atoms with Crippen LogP contribution in [0.15, 0.2) is 108 Å². The Morgan fingerprint density at radius 3 is 2.00 bits per heavy atom. The molecule has 0 spiro atoms. The van der Waals surface area contributed by atoms with Crippen molar-refractivity contribution in [1.29, 1.82) is 0 Å². The third-order valence-corrected chi connectivity index (χ3v) is 9.94. The fourth-order valence-corrected chi connectivity index (χ4v) is 6.49. The molecule has 0 aliphatic heterocycles. The van der Waals surface area contributed by atoms with Crippen LogP contribution in [0, 0.1) is 13.8 Å². The first-order valence-corrected chi connectivity index (χ1v) is 16.8. The van der Waals surface area contributed by atoms with Crippen molar-refractivity contribution < 1.29 is 18.0 Å². The molecular formula is C36H40ClN3O4S. The number of rotatable bonds is 13. The first-order valence-electron chi connectivity index (χ1n) is 15.0. The number of nitrogens with one attached hydrogen (secondary N) is 1. The summed E-state index contributed by atoms with van der Waals surface area (Å²) in [6.07, 6.45) is 0.937. The molecule has 2 amide bonds. The zero-order valence-corrected chi connectivity index (χ0v) is 27.7. The Morgan fingerprint density at radius 2 is 1.40 bits per heavy atom. The molecule has 0 aliphatic rings. The summed E-state index contributed by atoms with van der Waals surface area (Å²) in [7, 11) is -4.16. The number of hydrogen-bond acceptors (Lipinski definition) is 4. The molecule has 0 aromatic heterocycles. The van der Waals surface area contributed by atoms with Crippen LogP contribution in [0.2, 0.25) is 5.02 Å². The molecular weight excluding hydrogens is 606 g/mol. The number of anilines is 1. The predicted octanol–water partition coefficient (Wildman–Crippen LogP) is 6.71. The van der Waals surface area contributed by atoms with Crippen molar-refractivity contribution in [1.82, 2.24) is 10.2 Å². The molecule has 4 rings (SSSR count). The lowest BCUT2D eigenvalue weighted by atomic mass is 10.0. The van der Waals surface area contributed by atoms with Crippen molar-refractivity contribution in [3.05, 3.63) is 130 Å². The molecule has 236 valence electrons. The van der Waals surface area contributed by atoms with Gasteiger partial charge in [-0.15, -0.1) is 0 Å². The van der Waals surface area contributed by atoms with E-state index in [4.69, 9.17) is 11.6 Å². The number of sulfonamides is 1. The van der Waals surface area contributed by atoms with E-state index in [1.54, 1.807) is 54.6 Å². The van der Waals surface area contributed by atoms with Gasteiger partial charge in [-0.1, -0.05) is 102 Å². The lowest BCUT2D eigenvalue weighted by molar-refractivity contribution is -0.140. The fraction of sp³-hybridized carbons (Fsp3) is 0.278. The Morgan fingerprint density at radius 1 is 0.822 bits per heavy atom. The van der Waals surface area contributed by atoms with Gasteiger partial charge in [-0.3, -0.25) is 13.9 Å². The number of carbonyl (C=O) groups is 2. The van der Waals surface area contributed by atoms with Gasteiger partial charge in [0.05, 0.1) is 10.6 Å². The highest BCUT2D eigenvalue weighted by molar-refractivity contribution is 7.92. The van der Waals surface area contributed by atoms with E-state index in [2.05, 4.69) is 5.32 Å². The maximum atomic E-state index is 14.5. The summed E-state index contributed by atoms with van der Waals surface area (Å²) < 4.78 is 29.4. The number of halogens is 1. The first kappa shape index (κ1) is 33.7. The molecule has 4 aromatic carbocycles. The summed E-state index contributed by atoms with van der Waals surface area (Å²) in [6, 6.07) is 29.0. The van der Waals surface area contributed by atoms with Crippen LogP contribution in [-0.4, -0.2) is 43.8 Å². The summed E-state index contributed by atoms with van der Waals surface area (Å²) in [4.78, 5) is 30.0. The van der Waals surface area contributed by atoms with Crippen LogP contribution in [0.1, 0.15) is 42.5 Å². The number of carbonyl (C=O) groups excluding carboxylic acids is 2. The molecule has 2 unspecified atom stereocenters. The fourth-order valence-electron chi connectivity index (χ4n) is 4.88. The zero-order chi connectivity index (χ0) is 32.6. The van der Waals surface area contributed by atoms with E-state index in [0.29, 0.717) is 22.7 Å². The quantitative estimate of drug-likeness (QED) is 0.175. The monoisotopic (exact) mass is 645 g/mol. The van der Waals surface area contributed by atoms with Gasteiger partial charge in [0.1, 0.15) is 12.6 Å². The highest BCUT2D eigenvalue weighted by atomic mass is 35.5. The molecule has 0 fully saturated rings. The second kappa shape index (κ2) is 15.2. The number of benzene rings is 4. The van der Waals surface area contributed by atoms with Crippen molar-refractivity contribution in [2.75, 3.05) is 10.8 Å². The van der Waals surface area contributed by atoms with Crippen molar-refractivity contribution in [3.8, 4) is 0 Å². The second-order valence-electron chi connectivity index (χ2n) is 11.3. The minimum Gasteiger partial charge on any atom is -0.352 e. The van der Waals surface area contributed by atoms with Crippen LogP contribution in [-0.2, 0) is 32.6 Å². The molecule has 0 saturated carbocycles. The topological polar surface area (TPSA) is 86.8 Å². The van der Waals surface area contributed by atoms with Gasteiger partial charge < -0.3 is 10.2 Å². The van der Waals surface area contributed by atoms with Crippen LogP contribution < -0.4 is 9.62 Å². The third kappa shape index (κ3) is 8.74. The van der Waals surface area contributed by atoms with Crippen LogP contribution in [0.5, 0.6) is 0 Å². The minimum atomic E-state index is -4.16. The molecule has 0 heterocycles.